The first kappa shape index (κ1) is 22.3. The molecule has 1 aliphatic rings. The number of hydrogen-bond acceptors (Lipinski definition) is 6. The average Bonchev–Trinajstić information content (AvgIpc) is 2.81. The summed E-state index contributed by atoms with van der Waals surface area (Å²) in [6.07, 6.45) is 1.47. The van der Waals surface area contributed by atoms with Gasteiger partial charge in [-0.25, -0.2) is 13.8 Å². The lowest BCUT2D eigenvalue weighted by atomic mass is 10.1. The van der Waals surface area contributed by atoms with E-state index in [9.17, 15) is 13.2 Å². The SMILES string of the molecule is Cc1ccc(NS(=O)(=O)c2cccc(C(=O)NN=Cc3ccc4c(c3)OCCO4)c2)c(C)c1. The Morgan fingerprint density at radius 1 is 0.970 bits per heavy atom. The van der Waals surface area contributed by atoms with Crippen LogP contribution in [0.4, 0.5) is 5.69 Å². The Bertz CT molecular complexity index is 1340. The van der Waals surface area contributed by atoms with Crippen LogP contribution in [0.5, 0.6) is 11.5 Å². The highest BCUT2D eigenvalue weighted by Gasteiger charge is 2.17. The third kappa shape index (κ3) is 5.32. The van der Waals surface area contributed by atoms with Crippen LogP contribution in [0, 0.1) is 13.8 Å². The monoisotopic (exact) mass is 465 g/mol. The quantitative estimate of drug-likeness (QED) is 0.427. The Morgan fingerprint density at radius 2 is 1.76 bits per heavy atom. The van der Waals surface area contributed by atoms with E-state index in [1.807, 2.05) is 26.0 Å². The smallest absolute Gasteiger partial charge is 0.271 e. The summed E-state index contributed by atoms with van der Waals surface area (Å²) in [7, 11) is -3.87. The molecule has 3 aromatic rings. The van der Waals surface area contributed by atoms with Crippen molar-refractivity contribution < 1.29 is 22.7 Å². The molecule has 0 aromatic heterocycles. The highest BCUT2D eigenvalue weighted by Crippen LogP contribution is 2.30. The van der Waals surface area contributed by atoms with Crippen molar-refractivity contribution in [2.75, 3.05) is 17.9 Å². The Kier molecular flexibility index (Phi) is 6.32. The zero-order chi connectivity index (χ0) is 23.4. The molecule has 33 heavy (non-hydrogen) atoms. The van der Waals surface area contributed by atoms with Gasteiger partial charge in [0.15, 0.2) is 11.5 Å². The molecule has 0 unspecified atom stereocenters. The van der Waals surface area contributed by atoms with Crippen LogP contribution in [0.25, 0.3) is 0 Å². The van der Waals surface area contributed by atoms with Gasteiger partial charge in [-0.15, -0.1) is 0 Å². The van der Waals surface area contributed by atoms with Crippen molar-refractivity contribution in [2.45, 2.75) is 18.7 Å². The second-order valence-electron chi connectivity index (χ2n) is 7.55. The topological polar surface area (TPSA) is 106 Å². The number of rotatable bonds is 6. The van der Waals surface area contributed by atoms with Crippen LogP contribution < -0.4 is 19.6 Å². The van der Waals surface area contributed by atoms with Crippen LogP contribution in [0.3, 0.4) is 0 Å². The average molecular weight is 466 g/mol. The van der Waals surface area contributed by atoms with Crippen LogP contribution in [0.1, 0.15) is 27.0 Å². The minimum absolute atomic E-state index is 0.0223. The minimum atomic E-state index is -3.87. The van der Waals surface area contributed by atoms with Crippen molar-refractivity contribution in [2.24, 2.45) is 5.10 Å². The Labute approximate surface area is 192 Å². The molecular weight excluding hydrogens is 442 g/mol. The molecule has 2 N–H and O–H groups in total. The van der Waals surface area contributed by atoms with Crippen molar-refractivity contribution in [3.63, 3.8) is 0 Å². The second kappa shape index (κ2) is 9.33. The van der Waals surface area contributed by atoms with E-state index in [2.05, 4.69) is 15.2 Å². The zero-order valence-electron chi connectivity index (χ0n) is 18.2. The second-order valence-corrected chi connectivity index (χ2v) is 9.24. The van der Waals surface area contributed by atoms with Gasteiger partial charge in [-0.05, 0) is 67.4 Å². The van der Waals surface area contributed by atoms with Crippen LogP contribution >= 0.6 is 0 Å². The highest BCUT2D eigenvalue weighted by molar-refractivity contribution is 7.92. The zero-order valence-corrected chi connectivity index (χ0v) is 19.0. The first-order valence-corrected chi connectivity index (χ1v) is 11.7. The lowest BCUT2D eigenvalue weighted by Crippen LogP contribution is -2.19. The fourth-order valence-corrected chi connectivity index (χ4v) is 4.48. The molecule has 1 heterocycles. The van der Waals surface area contributed by atoms with Crippen LogP contribution in [-0.2, 0) is 10.0 Å². The van der Waals surface area contributed by atoms with Gasteiger partial charge in [-0.3, -0.25) is 9.52 Å². The number of benzene rings is 3. The number of nitrogens with one attached hydrogen (secondary N) is 2. The maximum absolute atomic E-state index is 12.8. The lowest BCUT2D eigenvalue weighted by Gasteiger charge is -2.18. The number of fused-ring (bicyclic) bond motifs is 1. The third-order valence-electron chi connectivity index (χ3n) is 4.98. The summed E-state index contributed by atoms with van der Waals surface area (Å²) in [5.41, 5.74) is 5.62. The molecule has 0 aliphatic carbocycles. The van der Waals surface area contributed by atoms with Crippen LogP contribution in [0.2, 0.25) is 0 Å². The van der Waals surface area contributed by atoms with Gasteiger partial charge in [0, 0.05) is 5.56 Å². The van der Waals surface area contributed by atoms with Gasteiger partial charge in [0.1, 0.15) is 13.2 Å². The number of sulfonamides is 1. The standard InChI is InChI=1S/C24H23N3O5S/c1-16-6-8-21(17(2)12-16)27-33(29,30)20-5-3-4-19(14-20)24(28)26-25-15-18-7-9-22-23(13-18)32-11-10-31-22/h3-9,12-15,27H,10-11H2,1-2H3,(H,26,28). The molecular formula is C24H23N3O5S. The summed E-state index contributed by atoms with van der Waals surface area (Å²) in [5.74, 6) is 0.744. The molecule has 170 valence electrons. The van der Waals surface area contributed by atoms with E-state index in [0.29, 0.717) is 36.0 Å². The summed E-state index contributed by atoms with van der Waals surface area (Å²) in [5, 5.41) is 3.96. The number of ether oxygens (including phenoxy) is 2. The molecule has 0 saturated heterocycles. The van der Waals surface area contributed by atoms with Gasteiger partial charge < -0.3 is 9.47 Å². The fraction of sp³-hybridized carbons (Fsp3) is 0.167. The molecule has 3 aromatic carbocycles. The lowest BCUT2D eigenvalue weighted by molar-refractivity contribution is 0.0955. The summed E-state index contributed by atoms with van der Waals surface area (Å²) in [4.78, 5) is 12.5. The largest absolute Gasteiger partial charge is 0.486 e. The first-order chi connectivity index (χ1) is 15.8. The molecule has 0 spiro atoms. The predicted molar refractivity (Wildman–Crippen MR) is 126 cm³/mol. The van der Waals surface area contributed by atoms with Gasteiger partial charge in [0.2, 0.25) is 0 Å². The van der Waals surface area contributed by atoms with Gasteiger partial charge in [-0.1, -0.05) is 23.8 Å². The number of aryl methyl sites for hydroxylation is 2. The van der Waals surface area contributed by atoms with Crippen molar-refractivity contribution in [3.05, 3.63) is 82.9 Å². The van der Waals surface area contributed by atoms with Crippen LogP contribution in [0.15, 0.2) is 70.7 Å². The van der Waals surface area contributed by atoms with E-state index in [1.54, 1.807) is 24.3 Å². The molecule has 1 aliphatic heterocycles. The molecule has 0 atom stereocenters. The number of amides is 1. The van der Waals surface area contributed by atoms with Crippen LogP contribution in [-0.4, -0.2) is 33.8 Å². The Hall–Kier alpha value is -3.85. The molecule has 0 radical (unpaired) electrons. The number of anilines is 1. The third-order valence-corrected chi connectivity index (χ3v) is 6.34. The number of hydrogen-bond donors (Lipinski definition) is 2. The van der Waals surface area contributed by atoms with Crippen molar-refractivity contribution >= 4 is 27.8 Å². The number of nitrogens with zero attached hydrogens (tertiary/aromatic N) is 1. The Balaban J connectivity index is 1.45. The van der Waals surface area contributed by atoms with Crippen molar-refractivity contribution in [1.82, 2.24) is 5.43 Å². The maximum Gasteiger partial charge on any atom is 0.271 e. The van der Waals surface area contributed by atoms with E-state index in [-0.39, 0.29) is 10.5 Å². The molecule has 0 bridgehead atoms. The summed E-state index contributed by atoms with van der Waals surface area (Å²) in [6, 6.07) is 16.5. The highest BCUT2D eigenvalue weighted by atomic mass is 32.2. The summed E-state index contributed by atoms with van der Waals surface area (Å²) >= 11 is 0. The number of carbonyl (C=O) groups excluding carboxylic acids is 1. The van der Waals surface area contributed by atoms with Gasteiger partial charge in [0.25, 0.3) is 15.9 Å². The molecule has 4 rings (SSSR count). The molecule has 0 saturated carbocycles. The summed E-state index contributed by atoms with van der Waals surface area (Å²) in [6.45, 7) is 4.74. The first-order valence-electron chi connectivity index (χ1n) is 10.2. The normalized spacial score (nSPS) is 13.0. The van der Waals surface area contributed by atoms with Crippen molar-refractivity contribution in [1.29, 1.82) is 0 Å². The number of carbonyl (C=O) groups is 1. The van der Waals surface area contributed by atoms with E-state index in [0.717, 1.165) is 11.1 Å². The van der Waals surface area contributed by atoms with E-state index < -0.39 is 15.9 Å². The van der Waals surface area contributed by atoms with E-state index in [4.69, 9.17) is 9.47 Å². The fourth-order valence-electron chi connectivity index (χ4n) is 3.31. The molecule has 9 heteroatoms. The van der Waals surface area contributed by atoms with Crippen molar-refractivity contribution in [3.8, 4) is 11.5 Å². The van der Waals surface area contributed by atoms with Gasteiger partial charge in [0.05, 0.1) is 16.8 Å². The van der Waals surface area contributed by atoms with E-state index >= 15 is 0 Å². The predicted octanol–water partition coefficient (Wildman–Crippen LogP) is 3.64. The van der Waals surface area contributed by atoms with Gasteiger partial charge >= 0.3 is 0 Å². The molecule has 8 nitrogen and oxygen atoms in total. The summed E-state index contributed by atoms with van der Waals surface area (Å²) < 4.78 is 39.2. The Morgan fingerprint density at radius 3 is 2.55 bits per heavy atom. The number of hydrazone groups is 1. The minimum Gasteiger partial charge on any atom is -0.486 e. The maximum atomic E-state index is 12.8. The molecule has 1 amide bonds. The van der Waals surface area contributed by atoms with E-state index in [1.165, 1.54) is 30.5 Å². The molecule has 0 fully saturated rings. The van der Waals surface area contributed by atoms with Gasteiger partial charge in [-0.2, -0.15) is 5.10 Å².